The highest BCUT2D eigenvalue weighted by atomic mass is 35.5. The van der Waals surface area contributed by atoms with Crippen molar-refractivity contribution < 1.29 is 14.3 Å². The maximum atomic E-state index is 11.8. The van der Waals surface area contributed by atoms with Crippen molar-refractivity contribution in [1.82, 2.24) is 15.6 Å². The van der Waals surface area contributed by atoms with Gasteiger partial charge in [0, 0.05) is 38.3 Å². The summed E-state index contributed by atoms with van der Waals surface area (Å²) in [6, 6.07) is 8.81. The van der Waals surface area contributed by atoms with Crippen LogP contribution in [0.15, 0.2) is 42.7 Å². The van der Waals surface area contributed by atoms with Crippen LogP contribution >= 0.6 is 23.2 Å². The smallest absolute Gasteiger partial charge is 0.222 e. The highest BCUT2D eigenvalue weighted by molar-refractivity contribution is 6.42. The summed E-state index contributed by atoms with van der Waals surface area (Å²) < 4.78 is 5.52. The van der Waals surface area contributed by atoms with E-state index in [-0.39, 0.29) is 18.2 Å². The molecule has 0 aliphatic carbocycles. The third kappa shape index (κ3) is 7.85. The van der Waals surface area contributed by atoms with Crippen LogP contribution in [0.3, 0.4) is 0 Å². The van der Waals surface area contributed by atoms with Crippen molar-refractivity contribution in [2.75, 3.05) is 13.2 Å². The van der Waals surface area contributed by atoms with Crippen LogP contribution in [0.1, 0.15) is 24.8 Å². The number of nitrogens with zero attached hydrogens (tertiary/aromatic N) is 1. The highest BCUT2D eigenvalue weighted by Gasteiger charge is 2.07. The summed E-state index contributed by atoms with van der Waals surface area (Å²) in [5, 5.41) is 6.30. The standard InChI is InChI=1S/C19H21Cl2N3O3/c20-15-3-1-4-16(19(15)21)27-12-2-5-17(25)23-11-8-18(26)24-13-14-6-9-22-10-7-14/h1,3-4,6-7,9-10H,2,5,8,11-13H2,(H,23,25)(H,24,26). The minimum atomic E-state index is -0.127. The maximum absolute atomic E-state index is 11.8. The Bertz CT molecular complexity index is 757. The zero-order valence-electron chi connectivity index (χ0n) is 14.7. The first-order chi connectivity index (χ1) is 13.1. The van der Waals surface area contributed by atoms with Crippen LogP contribution in [0.4, 0.5) is 0 Å². The second-order valence-electron chi connectivity index (χ2n) is 5.74. The van der Waals surface area contributed by atoms with E-state index in [1.807, 2.05) is 12.1 Å². The number of benzene rings is 1. The summed E-state index contributed by atoms with van der Waals surface area (Å²) in [6.07, 6.45) is 4.41. The van der Waals surface area contributed by atoms with Crippen LogP contribution in [0.5, 0.6) is 5.75 Å². The number of rotatable bonds is 10. The molecule has 6 nitrogen and oxygen atoms in total. The van der Waals surface area contributed by atoms with Gasteiger partial charge in [-0.3, -0.25) is 14.6 Å². The maximum Gasteiger partial charge on any atom is 0.222 e. The van der Waals surface area contributed by atoms with Crippen molar-refractivity contribution in [1.29, 1.82) is 0 Å². The molecule has 0 bridgehead atoms. The van der Waals surface area contributed by atoms with Crippen molar-refractivity contribution in [2.45, 2.75) is 25.8 Å². The van der Waals surface area contributed by atoms with Crippen molar-refractivity contribution in [2.24, 2.45) is 0 Å². The van der Waals surface area contributed by atoms with Gasteiger partial charge in [-0.1, -0.05) is 29.3 Å². The summed E-state index contributed by atoms with van der Waals surface area (Å²) in [6.45, 7) is 1.08. The summed E-state index contributed by atoms with van der Waals surface area (Å²) >= 11 is 11.9. The van der Waals surface area contributed by atoms with E-state index in [4.69, 9.17) is 27.9 Å². The fourth-order valence-corrected chi connectivity index (χ4v) is 2.55. The van der Waals surface area contributed by atoms with E-state index in [1.54, 1.807) is 30.6 Å². The number of pyridine rings is 1. The van der Waals surface area contributed by atoms with Gasteiger partial charge in [-0.05, 0) is 36.2 Å². The lowest BCUT2D eigenvalue weighted by Gasteiger charge is -2.09. The third-order valence-electron chi connectivity index (χ3n) is 3.64. The van der Waals surface area contributed by atoms with Gasteiger partial charge < -0.3 is 15.4 Å². The van der Waals surface area contributed by atoms with Gasteiger partial charge in [0.25, 0.3) is 0 Å². The quantitative estimate of drug-likeness (QED) is 0.589. The van der Waals surface area contributed by atoms with Gasteiger partial charge in [-0.15, -0.1) is 0 Å². The average Bonchev–Trinajstić information content (AvgIpc) is 2.67. The Morgan fingerprint density at radius 3 is 2.52 bits per heavy atom. The second-order valence-corrected chi connectivity index (χ2v) is 6.52. The summed E-state index contributed by atoms with van der Waals surface area (Å²) in [5.74, 6) is 0.249. The molecular formula is C19H21Cl2N3O3. The van der Waals surface area contributed by atoms with Gasteiger partial charge in [0.15, 0.2) is 0 Å². The Morgan fingerprint density at radius 1 is 1.00 bits per heavy atom. The van der Waals surface area contributed by atoms with Crippen LogP contribution in [-0.4, -0.2) is 29.9 Å². The number of nitrogens with one attached hydrogen (secondary N) is 2. The fourth-order valence-electron chi connectivity index (χ4n) is 2.20. The number of amides is 2. The first-order valence-electron chi connectivity index (χ1n) is 8.55. The zero-order chi connectivity index (χ0) is 19.5. The van der Waals surface area contributed by atoms with E-state index in [0.717, 1.165) is 5.56 Å². The predicted octanol–water partition coefficient (Wildman–Crippen LogP) is 3.37. The Kier molecular flexibility index (Phi) is 8.87. The highest BCUT2D eigenvalue weighted by Crippen LogP contribution is 2.31. The van der Waals surface area contributed by atoms with E-state index in [2.05, 4.69) is 15.6 Å². The second kappa shape index (κ2) is 11.4. The topological polar surface area (TPSA) is 80.3 Å². The SMILES string of the molecule is O=C(CCCOc1cccc(Cl)c1Cl)NCCC(=O)NCc1ccncc1. The van der Waals surface area contributed by atoms with Crippen molar-refractivity contribution >= 4 is 35.0 Å². The van der Waals surface area contributed by atoms with Crippen LogP contribution in [0.25, 0.3) is 0 Å². The van der Waals surface area contributed by atoms with E-state index < -0.39 is 0 Å². The van der Waals surface area contributed by atoms with E-state index in [1.165, 1.54) is 0 Å². The number of aromatic nitrogens is 1. The van der Waals surface area contributed by atoms with Crippen molar-refractivity contribution in [3.63, 3.8) is 0 Å². The van der Waals surface area contributed by atoms with Crippen LogP contribution in [0.2, 0.25) is 10.0 Å². The van der Waals surface area contributed by atoms with E-state index in [0.29, 0.717) is 48.3 Å². The van der Waals surface area contributed by atoms with Gasteiger partial charge in [-0.25, -0.2) is 0 Å². The monoisotopic (exact) mass is 409 g/mol. The van der Waals surface area contributed by atoms with Gasteiger partial charge in [-0.2, -0.15) is 0 Å². The summed E-state index contributed by atoms with van der Waals surface area (Å²) in [4.78, 5) is 27.5. The Hall–Kier alpha value is -2.31. The fraction of sp³-hybridized carbons (Fsp3) is 0.316. The number of carbonyl (C=O) groups excluding carboxylic acids is 2. The van der Waals surface area contributed by atoms with Gasteiger partial charge in [0.2, 0.25) is 11.8 Å². The van der Waals surface area contributed by atoms with Gasteiger partial charge in [0.1, 0.15) is 10.8 Å². The molecule has 1 heterocycles. The molecule has 0 aliphatic rings. The molecule has 2 aromatic rings. The predicted molar refractivity (Wildman–Crippen MR) is 105 cm³/mol. The van der Waals surface area contributed by atoms with Crippen LogP contribution in [-0.2, 0) is 16.1 Å². The molecule has 2 amide bonds. The zero-order valence-corrected chi connectivity index (χ0v) is 16.2. The molecule has 0 radical (unpaired) electrons. The lowest BCUT2D eigenvalue weighted by molar-refractivity contribution is -0.122. The molecule has 0 atom stereocenters. The molecule has 0 saturated heterocycles. The molecule has 0 aliphatic heterocycles. The normalized spacial score (nSPS) is 10.3. The van der Waals surface area contributed by atoms with Gasteiger partial charge >= 0.3 is 0 Å². The Labute approximate surface area is 168 Å². The third-order valence-corrected chi connectivity index (χ3v) is 4.44. The molecule has 0 saturated carbocycles. The summed E-state index contributed by atoms with van der Waals surface area (Å²) in [7, 11) is 0. The molecule has 2 N–H and O–H groups in total. The van der Waals surface area contributed by atoms with Crippen LogP contribution < -0.4 is 15.4 Å². The molecule has 0 unspecified atom stereocenters. The molecule has 144 valence electrons. The average molecular weight is 410 g/mol. The Morgan fingerprint density at radius 2 is 1.74 bits per heavy atom. The lowest BCUT2D eigenvalue weighted by atomic mass is 10.2. The number of ether oxygens (including phenoxy) is 1. The van der Waals surface area contributed by atoms with E-state index in [9.17, 15) is 9.59 Å². The molecule has 0 spiro atoms. The molecule has 2 rings (SSSR count). The van der Waals surface area contributed by atoms with Gasteiger partial charge in [0.05, 0.1) is 11.6 Å². The van der Waals surface area contributed by atoms with E-state index >= 15 is 0 Å². The molecule has 1 aromatic carbocycles. The minimum absolute atomic E-state index is 0.119. The van der Waals surface area contributed by atoms with Crippen LogP contribution in [0, 0.1) is 0 Å². The Balaban J connectivity index is 1.54. The van der Waals surface area contributed by atoms with Crippen molar-refractivity contribution in [3.05, 3.63) is 58.3 Å². The first kappa shape index (κ1) is 21.0. The lowest BCUT2D eigenvalue weighted by Crippen LogP contribution is -2.30. The molecule has 0 fully saturated rings. The summed E-state index contributed by atoms with van der Waals surface area (Å²) in [5.41, 5.74) is 0.974. The van der Waals surface area contributed by atoms with Crippen molar-refractivity contribution in [3.8, 4) is 5.75 Å². The first-order valence-corrected chi connectivity index (χ1v) is 9.31. The largest absolute Gasteiger partial charge is 0.492 e. The number of carbonyl (C=O) groups is 2. The molecule has 27 heavy (non-hydrogen) atoms. The number of halogens is 2. The molecule has 1 aromatic heterocycles. The minimum Gasteiger partial charge on any atom is -0.492 e. The number of hydrogen-bond acceptors (Lipinski definition) is 4. The number of hydrogen-bond donors (Lipinski definition) is 2. The molecular weight excluding hydrogens is 389 g/mol. The molecule has 8 heteroatoms.